The Morgan fingerprint density at radius 1 is 0.862 bits per heavy atom. The van der Waals surface area contributed by atoms with E-state index in [4.69, 9.17) is 0 Å². The predicted molar refractivity (Wildman–Crippen MR) is 127 cm³/mol. The molecule has 146 valence electrons. The molecule has 0 aromatic heterocycles. The summed E-state index contributed by atoms with van der Waals surface area (Å²) >= 11 is 0. The van der Waals surface area contributed by atoms with Gasteiger partial charge in [-0.15, -0.1) is 0 Å². The average Bonchev–Trinajstić information content (AvgIpc) is 2.73. The highest BCUT2D eigenvalue weighted by Gasteiger charge is 2.30. The molecule has 1 heteroatoms. The Bertz CT molecular complexity index is 1230. The lowest BCUT2D eigenvalue weighted by Crippen LogP contribution is -2.22. The Hall–Kier alpha value is -2.80. The van der Waals surface area contributed by atoms with Crippen LogP contribution >= 0.6 is 0 Å². The highest BCUT2D eigenvalue weighted by molar-refractivity contribution is 6.14. The van der Waals surface area contributed by atoms with Crippen LogP contribution in [0.3, 0.4) is 0 Å². The molecule has 0 spiro atoms. The van der Waals surface area contributed by atoms with Crippen LogP contribution in [-0.2, 0) is 0 Å². The fourth-order valence-electron chi connectivity index (χ4n) is 5.31. The lowest BCUT2D eigenvalue weighted by Gasteiger charge is -2.37. The summed E-state index contributed by atoms with van der Waals surface area (Å²) in [5.74, 6) is 0.478. The SMILES string of the molecule is CCCCC1c2cc(C)ccc2N(C)c2c1ccc1c2c(C)cc2ccccc21. The lowest BCUT2D eigenvalue weighted by atomic mass is 9.79. The normalized spacial score (nSPS) is 15.6. The Labute approximate surface area is 174 Å². The fraction of sp³-hybridized carbons (Fsp3) is 0.286. The average molecular weight is 380 g/mol. The van der Waals surface area contributed by atoms with Crippen LogP contribution < -0.4 is 4.90 Å². The molecule has 4 aromatic rings. The van der Waals surface area contributed by atoms with Crippen molar-refractivity contribution >= 4 is 32.9 Å². The van der Waals surface area contributed by atoms with Crippen molar-refractivity contribution in [2.24, 2.45) is 0 Å². The van der Waals surface area contributed by atoms with Crippen LogP contribution in [0.4, 0.5) is 11.4 Å². The van der Waals surface area contributed by atoms with Gasteiger partial charge in [-0.2, -0.15) is 0 Å². The van der Waals surface area contributed by atoms with Gasteiger partial charge in [-0.1, -0.05) is 79.9 Å². The highest BCUT2D eigenvalue weighted by Crippen LogP contribution is 2.51. The van der Waals surface area contributed by atoms with Crippen LogP contribution in [0.15, 0.2) is 60.7 Å². The van der Waals surface area contributed by atoms with Crippen molar-refractivity contribution in [1.29, 1.82) is 0 Å². The van der Waals surface area contributed by atoms with Crippen LogP contribution in [0.5, 0.6) is 0 Å². The molecule has 0 bridgehead atoms. The van der Waals surface area contributed by atoms with Gasteiger partial charge in [0, 0.05) is 24.0 Å². The lowest BCUT2D eigenvalue weighted by molar-refractivity contribution is 0.645. The van der Waals surface area contributed by atoms with Gasteiger partial charge in [-0.25, -0.2) is 0 Å². The third-order valence-electron chi connectivity index (χ3n) is 6.70. The molecule has 0 amide bonds. The monoisotopic (exact) mass is 379 g/mol. The third kappa shape index (κ3) is 2.75. The molecule has 1 nitrogen and oxygen atoms in total. The van der Waals surface area contributed by atoms with Gasteiger partial charge in [0.1, 0.15) is 0 Å². The molecule has 1 aliphatic rings. The Morgan fingerprint density at radius 2 is 1.69 bits per heavy atom. The maximum absolute atomic E-state index is 2.44. The van der Waals surface area contributed by atoms with E-state index in [0.29, 0.717) is 5.92 Å². The zero-order chi connectivity index (χ0) is 20.1. The van der Waals surface area contributed by atoms with Crippen molar-refractivity contribution in [2.45, 2.75) is 46.0 Å². The molecule has 0 aliphatic carbocycles. The number of hydrogen-bond acceptors (Lipinski definition) is 1. The number of hydrogen-bond donors (Lipinski definition) is 0. The molecular weight excluding hydrogens is 350 g/mol. The molecular formula is C28H29N. The number of rotatable bonds is 3. The van der Waals surface area contributed by atoms with E-state index < -0.39 is 0 Å². The van der Waals surface area contributed by atoms with Crippen LogP contribution in [0.25, 0.3) is 21.5 Å². The summed E-state index contributed by atoms with van der Waals surface area (Å²) in [5.41, 5.74) is 8.47. The van der Waals surface area contributed by atoms with Gasteiger partial charge in [0.2, 0.25) is 0 Å². The molecule has 0 saturated heterocycles. The molecule has 4 aromatic carbocycles. The van der Waals surface area contributed by atoms with Gasteiger partial charge in [0.05, 0.1) is 5.69 Å². The molecule has 29 heavy (non-hydrogen) atoms. The largest absolute Gasteiger partial charge is 0.344 e. The first kappa shape index (κ1) is 18.2. The van der Waals surface area contributed by atoms with Crippen LogP contribution in [0, 0.1) is 13.8 Å². The minimum absolute atomic E-state index is 0.478. The van der Waals surface area contributed by atoms with E-state index in [0.717, 1.165) is 0 Å². The van der Waals surface area contributed by atoms with E-state index in [1.54, 1.807) is 0 Å². The van der Waals surface area contributed by atoms with E-state index >= 15 is 0 Å². The maximum Gasteiger partial charge on any atom is 0.0529 e. The molecule has 0 saturated carbocycles. The van der Waals surface area contributed by atoms with Crippen molar-refractivity contribution in [3.8, 4) is 0 Å². The van der Waals surface area contributed by atoms with Gasteiger partial charge in [0.25, 0.3) is 0 Å². The first-order valence-corrected chi connectivity index (χ1v) is 10.9. The first-order valence-electron chi connectivity index (χ1n) is 10.9. The summed E-state index contributed by atoms with van der Waals surface area (Å²) in [4.78, 5) is 2.44. The predicted octanol–water partition coefficient (Wildman–Crippen LogP) is 8.01. The molecule has 5 rings (SSSR count). The van der Waals surface area contributed by atoms with Gasteiger partial charge < -0.3 is 4.90 Å². The number of anilines is 2. The number of aryl methyl sites for hydroxylation is 2. The van der Waals surface area contributed by atoms with Crippen molar-refractivity contribution in [1.82, 2.24) is 0 Å². The third-order valence-corrected chi connectivity index (χ3v) is 6.70. The van der Waals surface area contributed by atoms with E-state index in [2.05, 4.69) is 93.4 Å². The number of nitrogens with zero attached hydrogens (tertiary/aromatic N) is 1. The molecule has 1 aliphatic heterocycles. The number of benzene rings is 4. The molecule has 0 N–H and O–H groups in total. The molecule has 1 atom stereocenters. The fourth-order valence-corrected chi connectivity index (χ4v) is 5.31. The zero-order valence-electron chi connectivity index (χ0n) is 17.9. The van der Waals surface area contributed by atoms with Crippen molar-refractivity contribution in [3.63, 3.8) is 0 Å². The van der Waals surface area contributed by atoms with Gasteiger partial charge >= 0.3 is 0 Å². The Morgan fingerprint density at radius 3 is 2.52 bits per heavy atom. The Kier molecular flexibility index (Phi) is 4.35. The summed E-state index contributed by atoms with van der Waals surface area (Å²) in [6, 6.07) is 22.9. The van der Waals surface area contributed by atoms with E-state index in [-0.39, 0.29) is 0 Å². The second kappa shape index (κ2) is 6.91. The summed E-state index contributed by atoms with van der Waals surface area (Å²) in [6.45, 7) is 6.78. The number of fused-ring (bicyclic) bond motifs is 6. The molecule has 1 unspecified atom stereocenters. The topological polar surface area (TPSA) is 3.24 Å². The summed E-state index contributed by atoms with van der Waals surface area (Å²) in [7, 11) is 2.25. The van der Waals surface area contributed by atoms with E-state index in [9.17, 15) is 0 Å². The van der Waals surface area contributed by atoms with Crippen LogP contribution in [0.2, 0.25) is 0 Å². The standard InChI is InChI=1S/C28H29N/c1-5-6-10-22-24-14-13-23-21-11-8-7-9-20(21)17-19(3)27(23)28(24)29(4)26-15-12-18(2)16-25(22)26/h7-9,11-17,22H,5-6,10H2,1-4H3. The van der Waals surface area contributed by atoms with Gasteiger partial charge in [-0.05, 0) is 59.2 Å². The number of unbranched alkanes of at least 4 members (excludes halogenated alkanes) is 1. The maximum atomic E-state index is 2.44. The van der Waals surface area contributed by atoms with Crippen molar-refractivity contribution in [2.75, 3.05) is 11.9 Å². The smallest absolute Gasteiger partial charge is 0.0529 e. The second-order valence-corrected chi connectivity index (χ2v) is 8.66. The quantitative estimate of drug-likeness (QED) is 0.326. The van der Waals surface area contributed by atoms with Crippen molar-refractivity contribution < 1.29 is 0 Å². The minimum Gasteiger partial charge on any atom is -0.344 e. The van der Waals surface area contributed by atoms with E-state index in [1.807, 2.05) is 0 Å². The second-order valence-electron chi connectivity index (χ2n) is 8.66. The molecule has 0 fully saturated rings. The van der Waals surface area contributed by atoms with Gasteiger partial charge in [0.15, 0.2) is 0 Å². The highest BCUT2D eigenvalue weighted by atomic mass is 15.1. The minimum atomic E-state index is 0.478. The van der Waals surface area contributed by atoms with Crippen LogP contribution in [0.1, 0.15) is 54.4 Å². The summed E-state index contributed by atoms with van der Waals surface area (Å²) in [5, 5.41) is 5.46. The molecule has 1 heterocycles. The summed E-state index contributed by atoms with van der Waals surface area (Å²) < 4.78 is 0. The summed E-state index contributed by atoms with van der Waals surface area (Å²) in [6.07, 6.45) is 3.71. The van der Waals surface area contributed by atoms with E-state index in [1.165, 1.54) is 74.4 Å². The molecule has 0 radical (unpaired) electrons. The van der Waals surface area contributed by atoms with Crippen LogP contribution in [-0.4, -0.2) is 7.05 Å². The Balaban J connectivity index is 1.85. The van der Waals surface area contributed by atoms with Crippen molar-refractivity contribution in [3.05, 3.63) is 82.9 Å². The first-order chi connectivity index (χ1) is 14.1. The zero-order valence-corrected chi connectivity index (χ0v) is 17.9. The van der Waals surface area contributed by atoms with Gasteiger partial charge in [-0.3, -0.25) is 0 Å².